The minimum Gasteiger partial charge on any atom is -0.321 e. The first-order valence-electron chi connectivity index (χ1n) is 5.62. The molecule has 1 fully saturated rings. The van der Waals surface area contributed by atoms with Crippen molar-refractivity contribution in [2.75, 3.05) is 0 Å². The molecule has 2 rings (SSSR count). The van der Waals surface area contributed by atoms with Crippen molar-refractivity contribution in [2.24, 2.45) is 5.73 Å². The van der Waals surface area contributed by atoms with E-state index in [2.05, 4.69) is 16.0 Å². The number of aryl methyl sites for hydroxylation is 1. The van der Waals surface area contributed by atoms with Gasteiger partial charge < -0.3 is 5.73 Å². The Morgan fingerprint density at radius 1 is 1.33 bits per heavy atom. The Labute approximate surface area is 91.1 Å². The Balaban J connectivity index is 2.36. The summed E-state index contributed by atoms with van der Waals surface area (Å²) in [5, 5.41) is 0. The topological polar surface area (TPSA) is 51.8 Å². The third-order valence-corrected chi connectivity index (χ3v) is 3.04. The first kappa shape index (κ1) is 10.6. The fourth-order valence-corrected chi connectivity index (χ4v) is 1.83. The van der Waals surface area contributed by atoms with Gasteiger partial charge in [-0.1, -0.05) is 6.42 Å². The van der Waals surface area contributed by atoms with Crippen molar-refractivity contribution in [3.63, 3.8) is 0 Å². The van der Waals surface area contributed by atoms with Crippen LogP contribution in [0, 0.1) is 6.92 Å². The van der Waals surface area contributed by atoms with Gasteiger partial charge in [0.15, 0.2) is 0 Å². The van der Waals surface area contributed by atoms with E-state index in [4.69, 9.17) is 5.73 Å². The average Bonchev–Trinajstić information content (AvgIpc) is 1.97. The maximum atomic E-state index is 6.06. The van der Waals surface area contributed by atoms with E-state index in [1.807, 2.05) is 20.8 Å². The molecule has 3 nitrogen and oxygen atoms in total. The Hall–Kier alpha value is -0.960. The molecule has 1 aliphatic rings. The summed E-state index contributed by atoms with van der Waals surface area (Å²) in [6.45, 7) is 5.91. The predicted molar refractivity (Wildman–Crippen MR) is 60.6 cm³/mol. The standard InChI is InChI=1S/C12H19N3/c1-8-14-10(9-5-4-6-9)7-11(15-8)12(2,3)13/h7,9H,4-6,13H2,1-3H3. The second-order valence-corrected chi connectivity index (χ2v) is 5.07. The van der Waals surface area contributed by atoms with Gasteiger partial charge in [-0.2, -0.15) is 0 Å². The second kappa shape index (κ2) is 3.56. The maximum absolute atomic E-state index is 6.06. The third-order valence-electron chi connectivity index (χ3n) is 3.04. The zero-order valence-corrected chi connectivity index (χ0v) is 9.75. The fraction of sp³-hybridized carbons (Fsp3) is 0.667. The number of hydrogen-bond acceptors (Lipinski definition) is 3. The molecule has 3 heteroatoms. The van der Waals surface area contributed by atoms with Gasteiger partial charge in [0.05, 0.1) is 11.2 Å². The predicted octanol–water partition coefficient (Wildman–Crippen LogP) is 2.25. The van der Waals surface area contributed by atoms with Gasteiger partial charge in [-0.25, -0.2) is 9.97 Å². The van der Waals surface area contributed by atoms with Gasteiger partial charge in [0.25, 0.3) is 0 Å². The lowest BCUT2D eigenvalue weighted by Crippen LogP contribution is -2.31. The fourth-order valence-electron chi connectivity index (χ4n) is 1.83. The molecule has 1 aromatic rings. The van der Waals surface area contributed by atoms with Crippen LogP contribution in [0.25, 0.3) is 0 Å². The molecule has 82 valence electrons. The van der Waals surface area contributed by atoms with Crippen LogP contribution in [0.4, 0.5) is 0 Å². The molecular weight excluding hydrogens is 186 g/mol. The smallest absolute Gasteiger partial charge is 0.125 e. The monoisotopic (exact) mass is 205 g/mol. The van der Waals surface area contributed by atoms with Gasteiger partial charge in [-0.05, 0) is 39.7 Å². The van der Waals surface area contributed by atoms with Gasteiger partial charge in [-0.3, -0.25) is 0 Å². The molecule has 0 saturated heterocycles. The Bertz CT molecular complexity index is 362. The second-order valence-electron chi connectivity index (χ2n) is 5.07. The minimum atomic E-state index is -0.369. The van der Waals surface area contributed by atoms with E-state index >= 15 is 0 Å². The molecule has 0 amide bonds. The maximum Gasteiger partial charge on any atom is 0.125 e. The van der Waals surface area contributed by atoms with Crippen LogP contribution in [-0.4, -0.2) is 9.97 Å². The van der Waals surface area contributed by atoms with Crippen molar-refractivity contribution in [2.45, 2.75) is 51.5 Å². The summed E-state index contributed by atoms with van der Waals surface area (Å²) in [7, 11) is 0. The highest BCUT2D eigenvalue weighted by Crippen LogP contribution is 2.35. The lowest BCUT2D eigenvalue weighted by atomic mass is 9.82. The quantitative estimate of drug-likeness (QED) is 0.805. The summed E-state index contributed by atoms with van der Waals surface area (Å²) in [4.78, 5) is 8.91. The number of nitrogens with zero attached hydrogens (tertiary/aromatic N) is 2. The van der Waals surface area contributed by atoms with Crippen molar-refractivity contribution in [1.29, 1.82) is 0 Å². The van der Waals surface area contributed by atoms with Crippen LogP contribution >= 0.6 is 0 Å². The van der Waals surface area contributed by atoms with Crippen LogP contribution in [0.15, 0.2) is 6.07 Å². The normalized spacial score (nSPS) is 17.6. The summed E-state index contributed by atoms with van der Waals surface area (Å²) < 4.78 is 0. The van der Waals surface area contributed by atoms with Gasteiger partial charge in [0, 0.05) is 11.6 Å². The van der Waals surface area contributed by atoms with Crippen LogP contribution in [0.1, 0.15) is 56.2 Å². The third kappa shape index (κ3) is 2.17. The summed E-state index contributed by atoms with van der Waals surface area (Å²) in [5.74, 6) is 1.49. The molecule has 0 spiro atoms. The van der Waals surface area contributed by atoms with E-state index < -0.39 is 0 Å². The molecule has 1 saturated carbocycles. The van der Waals surface area contributed by atoms with Crippen molar-refractivity contribution in [3.8, 4) is 0 Å². The molecule has 15 heavy (non-hydrogen) atoms. The van der Waals surface area contributed by atoms with Crippen LogP contribution < -0.4 is 5.73 Å². The van der Waals surface area contributed by atoms with E-state index in [1.54, 1.807) is 0 Å². The molecule has 1 heterocycles. The Morgan fingerprint density at radius 2 is 2.00 bits per heavy atom. The lowest BCUT2D eigenvalue weighted by Gasteiger charge is -2.27. The Morgan fingerprint density at radius 3 is 2.47 bits per heavy atom. The van der Waals surface area contributed by atoms with E-state index in [9.17, 15) is 0 Å². The summed E-state index contributed by atoms with van der Waals surface area (Å²) >= 11 is 0. The van der Waals surface area contributed by atoms with Gasteiger partial charge in [0.2, 0.25) is 0 Å². The summed E-state index contributed by atoms with van der Waals surface area (Å²) in [5.41, 5.74) is 7.83. The summed E-state index contributed by atoms with van der Waals surface area (Å²) in [6, 6.07) is 2.08. The molecule has 0 radical (unpaired) electrons. The van der Waals surface area contributed by atoms with Gasteiger partial charge in [-0.15, -0.1) is 0 Å². The van der Waals surface area contributed by atoms with Gasteiger partial charge in [0.1, 0.15) is 5.82 Å². The van der Waals surface area contributed by atoms with Gasteiger partial charge >= 0.3 is 0 Å². The number of aromatic nitrogens is 2. The Kier molecular flexibility index (Phi) is 2.51. The first-order chi connectivity index (χ1) is 6.97. The number of hydrogen-bond donors (Lipinski definition) is 1. The highest BCUT2D eigenvalue weighted by atomic mass is 14.9. The average molecular weight is 205 g/mol. The zero-order chi connectivity index (χ0) is 11.1. The highest BCUT2D eigenvalue weighted by molar-refractivity contribution is 5.21. The van der Waals surface area contributed by atoms with E-state index in [0.29, 0.717) is 5.92 Å². The molecule has 0 atom stereocenters. The number of rotatable bonds is 2. The van der Waals surface area contributed by atoms with Crippen LogP contribution in [-0.2, 0) is 5.54 Å². The molecular formula is C12H19N3. The molecule has 0 unspecified atom stereocenters. The molecule has 0 aromatic carbocycles. The molecule has 2 N–H and O–H groups in total. The van der Waals surface area contributed by atoms with Crippen LogP contribution in [0.2, 0.25) is 0 Å². The first-order valence-corrected chi connectivity index (χ1v) is 5.62. The van der Waals surface area contributed by atoms with Crippen molar-refractivity contribution < 1.29 is 0 Å². The zero-order valence-electron chi connectivity index (χ0n) is 9.75. The summed E-state index contributed by atoms with van der Waals surface area (Å²) in [6.07, 6.45) is 3.86. The highest BCUT2D eigenvalue weighted by Gasteiger charge is 2.24. The molecule has 1 aliphatic carbocycles. The molecule has 0 bridgehead atoms. The van der Waals surface area contributed by atoms with Crippen molar-refractivity contribution >= 4 is 0 Å². The van der Waals surface area contributed by atoms with Crippen molar-refractivity contribution in [1.82, 2.24) is 9.97 Å². The largest absolute Gasteiger partial charge is 0.321 e. The molecule has 1 aromatic heterocycles. The SMILES string of the molecule is Cc1nc(C2CCC2)cc(C(C)(C)N)n1. The van der Waals surface area contributed by atoms with Crippen LogP contribution in [0.5, 0.6) is 0 Å². The lowest BCUT2D eigenvalue weighted by molar-refractivity contribution is 0.407. The van der Waals surface area contributed by atoms with Crippen LogP contribution in [0.3, 0.4) is 0 Å². The van der Waals surface area contributed by atoms with Crippen molar-refractivity contribution in [3.05, 3.63) is 23.3 Å². The number of nitrogens with two attached hydrogens (primary N) is 1. The van der Waals surface area contributed by atoms with E-state index in [0.717, 1.165) is 11.5 Å². The molecule has 0 aliphatic heterocycles. The van der Waals surface area contributed by atoms with E-state index in [1.165, 1.54) is 25.0 Å². The minimum absolute atomic E-state index is 0.369. The van der Waals surface area contributed by atoms with E-state index in [-0.39, 0.29) is 5.54 Å².